The number of Topliss-reactive ketones (excluding diaryl/α,β-unsaturated/α-hetero) is 1. The van der Waals surface area contributed by atoms with Crippen LogP contribution in [0.1, 0.15) is 95.2 Å². The Kier molecular flexibility index (Phi) is 10.6. The van der Waals surface area contributed by atoms with Crippen LogP contribution in [-0.4, -0.2) is 65.8 Å². The molecule has 8 nitrogen and oxygen atoms in total. The van der Waals surface area contributed by atoms with Crippen molar-refractivity contribution >= 4 is 28.5 Å². The fourth-order valence-electron chi connectivity index (χ4n) is 6.67. The summed E-state index contributed by atoms with van der Waals surface area (Å²) in [7, 11) is 1.63. The summed E-state index contributed by atoms with van der Waals surface area (Å²) in [6.07, 6.45) is 12.2. The molecular weight excluding hydrogens is 504 g/mol. The summed E-state index contributed by atoms with van der Waals surface area (Å²) >= 11 is 0. The molecular formula is C32H48N4O4. The summed E-state index contributed by atoms with van der Waals surface area (Å²) in [5, 5.41) is 7.30. The first-order chi connectivity index (χ1) is 19.3. The molecule has 2 aliphatic rings. The molecule has 0 radical (unpaired) electrons. The number of nitrogens with zero attached hydrogens (tertiary/aromatic N) is 1. The number of rotatable bonds is 14. The van der Waals surface area contributed by atoms with E-state index >= 15 is 0 Å². The minimum absolute atomic E-state index is 0.0479. The van der Waals surface area contributed by atoms with E-state index in [2.05, 4.69) is 20.5 Å². The van der Waals surface area contributed by atoms with E-state index in [0.717, 1.165) is 73.1 Å². The van der Waals surface area contributed by atoms with Crippen molar-refractivity contribution in [1.29, 1.82) is 0 Å². The Hall–Kier alpha value is -2.87. The zero-order valence-corrected chi connectivity index (χ0v) is 24.7. The third-order valence-corrected chi connectivity index (χ3v) is 8.99. The number of benzene rings is 1. The van der Waals surface area contributed by atoms with Crippen LogP contribution in [0.15, 0.2) is 18.2 Å². The van der Waals surface area contributed by atoms with E-state index in [1.54, 1.807) is 14.0 Å². The number of aromatic amines is 1. The molecule has 1 aliphatic carbocycles. The lowest BCUT2D eigenvalue weighted by atomic mass is 9.92. The summed E-state index contributed by atoms with van der Waals surface area (Å²) in [6.45, 7) is 6.45. The van der Waals surface area contributed by atoms with Gasteiger partial charge in [0.2, 0.25) is 11.8 Å². The van der Waals surface area contributed by atoms with Crippen LogP contribution in [0.25, 0.3) is 10.9 Å². The number of likely N-dealkylation sites (tertiary alicyclic amines) is 1. The Bertz CT molecular complexity index is 1160. The SMILES string of the molecule is COc1ccc2[nH]c(C)c(CC(=O)N[C@@H](CCCCCC(C)=O)C(=O)NCC3(N4CCCCC4)CCCC3)c2c1. The molecule has 1 aromatic heterocycles. The van der Waals surface area contributed by atoms with Crippen molar-refractivity contribution in [3.63, 3.8) is 0 Å². The second-order valence-corrected chi connectivity index (χ2v) is 11.9. The fraction of sp³-hybridized carbons (Fsp3) is 0.656. The van der Waals surface area contributed by atoms with Crippen LogP contribution < -0.4 is 15.4 Å². The molecule has 2 fully saturated rings. The highest BCUT2D eigenvalue weighted by Crippen LogP contribution is 2.36. The lowest BCUT2D eigenvalue weighted by Crippen LogP contribution is -2.57. The van der Waals surface area contributed by atoms with Gasteiger partial charge >= 0.3 is 0 Å². The van der Waals surface area contributed by atoms with Crippen LogP contribution in [0.5, 0.6) is 5.75 Å². The lowest BCUT2D eigenvalue weighted by Gasteiger charge is -2.44. The standard InChI is InChI=1S/C32H48N4O4/c1-23(37)12-6-4-7-13-29(31(39)33-22-32(16-8-9-17-32)36-18-10-5-11-19-36)35-30(38)21-26-24(2)34-28-15-14-25(40-3)20-27(26)28/h14-15,20,29,34H,4-13,16-19,21-22H2,1-3H3,(H,33,39)(H,35,38)/t29-/m0/s1. The first kappa shape index (κ1) is 30.1. The largest absolute Gasteiger partial charge is 0.497 e. The number of hydrogen-bond acceptors (Lipinski definition) is 5. The van der Waals surface area contributed by atoms with Gasteiger partial charge in [-0.15, -0.1) is 0 Å². The van der Waals surface area contributed by atoms with Crippen molar-refractivity contribution in [2.24, 2.45) is 0 Å². The number of unbranched alkanes of at least 4 members (excludes halogenated alkanes) is 2. The number of aromatic nitrogens is 1. The number of methoxy groups -OCH3 is 1. The van der Waals surface area contributed by atoms with E-state index < -0.39 is 6.04 Å². The zero-order valence-electron chi connectivity index (χ0n) is 24.7. The summed E-state index contributed by atoms with van der Waals surface area (Å²) in [5.41, 5.74) is 2.86. The molecule has 2 heterocycles. The van der Waals surface area contributed by atoms with Crippen molar-refractivity contribution in [3.8, 4) is 5.75 Å². The van der Waals surface area contributed by atoms with Gasteiger partial charge in [0.05, 0.1) is 13.5 Å². The van der Waals surface area contributed by atoms with Crippen molar-refractivity contribution in [1.82, 2.24) is 20.5 Å². The lowest BCUT2D eigenvalue weighted by molar-refractivity contribution is -0.129. The maximum Gasteiger partial charge on any atom is 0.242 e. The normalized spacial score (nSPS) is 18.0. The first-order valence-electron chi connectivity index (χ1n) is 15.3. The average molecular weight is 553 g/mol. The molecule has 8 heteroatoms. The predicted molar refractivity (Wildman–Crippen MR) is 159 cm³/mol. The van der Waals surface area contributed by atoms with Crippen LogP contribution in [0.4, 0.5) is 0 Å². The van der Waals surface area contributed by atoms with Crippen molar-refractivity contribution in [3.05, 3.63) is 29.5 Å². The highest BCUT2D eigenvalue weighted by molar-refractivity contribution is 5.93. The first-order valence-corrected chi connectivity index (χ1v) is 15.3. The number of ether oxygens (including phenoxy) is 1. The number of ketones is 1. The molecule has 1 aromatic carbocycles. The van der Waals surface area contributed by atoms with Gasteiger partial charge in [-0.25, -0.2) is 0 Å². The topological polar surface area (TPSA) is 104 Å². The van der Waals surface area contributed by atoms with E-state index in [4.69, 9.17) is 4.74 Å². The van der Waals surface area contributed by atoms with Gasteiger partial charge < -0.3 is 25.1 Å². The maximum atomic E-state index is 13.6. The Labute approximate surface area is 239 Å². The van der Waals surface area contributed by atoms with Gasteiger partial charge in [0.25, 0.3) is 0 Å². The van der Waals surface area contributed by atoms with Crippen LogP contribution in [0, 0.1) is 6.92 Å². The van der Waals surface area contributed by atoms with Gasteiger partial charge in [-0.2, -0.15) is 0 Å². The maximum absolute atomic E-state index is 13.6. The predicted octanol–water partition coefficient (Wildman–Crippen LogP) is 4.97. The number of H-pyrrole nitrogens is 1. The molecule has 1 saturated heterocycles. The highest BCUT2D eigenvalue weighted by Gasteiger charge is 2.40. The van der Waals surface area contributed by atoms with Gasteiger partial charge in [-0.1, -0.05) is 32.1 Å². The Morgan fingerprint density at radius 1 is 1.05 bits per heavy atom. The molecule has 1 aliphatic heterocycles. The van der Waals surface area contributed by atoms with Gasteiger partial charge in [-0.3, -0.25) is 14.5 Å². The molecule has 2 aromatic rings. The zero-order chi connectivity index (χ0) is 28.5. The number of fused-ring (bicyclic) bond motifs is 1. The second-order valence-electron chi connectivity index (χ2n) is 11.9. The molecule has 0 spiro atoms. The summed E-state index contributed by atoms with van der Waals surface area (Å²) in [4.78, 5) is 44.2. The van der Waals surface area contributed by atoms with E-state index in [1.165, 1.54) is 32.1 Å². The second kappa shape index (κ2) is 14.2. The molecule has 2 amide bonds. The van der Waals surface area contributed by atoms with E-state index in [0.29, 0.717) is 19.4 Å². The van der Waals surface area contributed by atoms with Gasteiger partial charge in [-0.05, 0) is 89.2 Å². The van der Waals surface area contributed by atoms with Crippen molar-refractivity contribution < 1.29 is 19.1 Å². The van der Waals surface area contributed by atoms with Crippen LogP contribution in [0.2, 0.25) is 0 Å². The Morgan fingerprint density at radius 3 is 2.50 bits per heavy atom. The number of amides is 2. The van der Waals surface area contributed by atoms with Crippen LogP contribution in [-0.2, 0) is 20.8 Å². The fourth-order valence-corrected chi connectivity index (χ4v) is 6.67. The van der Waals surface area contributed by atoms with E-state index in [-0.39, 0.29) is 29.6 Å². The number of hydrogen-bond donors (Lipinski definition) is 3. The molecule has 0 unspecified atom stereocenters. The number of aryl methyl sites for hydroxylation is 1. The molecule has 0 bridgehead atoms. The van der Waals surface area contributed by atoms with E-state index in [1.807, 2.05) is 25.1 Å². The van der Waals surface area contributed by atoms with Crippen molar-refractivity contribution in [2.75, 3.05) is 26.7 Å². The average Bonchev–Trinajstić information content (AvgIpc) is 3.56. The quantitative estimate of drug-likeness (QED) is 0.287. The third-order valence-electron chi connectivity index (χ3n) is 8.99. The van der Waals surface area contributed by atoms with Crippen LogP contribution in [0.3, 0.4) is 0 Å². The summed E-state index contributed by atoms with van der Waals surface area (Å²) in [6, 6.07) is 5.21. The van der Waals surface area contributed by atoms with Gasteiger partial charge in [0.15, 0.2) is 0 Å². The summed E-state index contributed by atoms with van der Waals surface area (Å²) < 4.78 is 5.40. The van der Waals surface area contributed by atoms with Crippen molar-refractivity contribution in [2.45, 2.75) is 109 Å². The molecule has 3 N–H and O–H groups in total. The number of piperidine rings is 1. The molecule has 220 valence electrons. The third kappa shape index (κ3) is 7.65. The van der Waals surface area contributed by atoms with E-state index in [9.17, 15) is 14.4 Å². The van der Waals surface area contributed by atoms with Gasteiger partial charge in [0, 0.05) is 35.1 Å². The molecule has 40 heavy (non-hydrogen) atoms. The molecule has 4 rings (SSSR count). The minimum atomic E-state index is -0.593. The number of nitrogens with one attached hydrogen (secondary N) is 3. The molecule has 1 atom stereocenters. The Morgan fingerprint density at radius 2 is 1.80 bits per heavy atom. The monoisotopic (exact) mass is 552 g/mol. The Balaban J connectivity index is 1.42. The van der Waals surface area contributed by atoms with Gasteiger partial charge in [0.1, 0.15) is 17.6 Å². The summed E-state index contributed by atoms with van der Waals surface area (Å²) in [5.74, 6) is 0.668. The number of carbonyl (C=O) groups is 3. The van der Waals surface area contributed by atoms with Crippen LogP contribution >= 0.6 is 0 Å². The number of carbonyl (C=O) groups excluding carboxylic acids is 3. The minimum Gasteiger partial charge on any atom is -0.497 e. The molecule has 1 saturated carbocycles. The highest BCUT2D eigenvalue weighted by atomic mass is 16.5. The smallest absolute Gasteiger partial charge is 0.242 e.